The molecule has 0 saturated heterocycles. The van der Waals surface area contributed by atoms with E-state index in [4.69, 9.17) is 0 Å². The van der Waals surface area contributed by atoms with Crippen LogP contribution in [0.1, 0.15) is 29.0 Å². The van der Waals surface area contributed by atoms with Crippen LogP contribution in [0, 0.1) is 5.82 Å². The third kappa shape index (κ3) is 2.73. The largest absolute Gasteiger partial charge is 0.476 e. The highest BCUT2D eigenvalue weighted by molar-refractivity contribution is 7.17. The standard InChI is InChI=1S/C14H11FN4O2S/c1-7(8-4-9(15)6-16-5-8)17-14-18-10-2-3-22-12(10)11(19-14)13(20)21/h2-7H,1H3,(H,20,21)(H,17,18,19)/t7-/m0/s1. The van der Waals surface area contributed by atoms with Gasteiger partial charge in [-0.3, -0.25) is 4.98 Å². The van der Waals surface area contributed by atoms with Gasteiger partial charge >= 0.3 is 5.97 Å². The molecule has 3 aromatic heterocycles. The molecule has 0 unspecified atom stereocenters. The minimum absolute atomic E-state index is 0.0490. The molecule has 3 rings (SSSR count). The first-order valence-electron chi connectivity index (χ1n) is 6.40. The van der Waals surface area contributed by atoms with Crippen molar-refractivity contribution in [3.63, 3.8) is 0 Å². The number of carboxylic acids is 1. The Kier molecular flexibility index (Phi) is 3.68. The van der Waals surface area contributed by atoms with Crippen molar-refractivity contribution in [3.8, 4) is 0 Å². The van der Waals surface area contributed by atoms with Crippen molar-refractivity contribution >= 4 is 33.5 Å². The SMILES string of the molecule is C[C@H](Nc1nc(C(=O)O)c2sccc2n1)c1cncc(F)c1. The Morgan fingerprint density at radius 3 is 2.95 bits per heavy atom. The van der Waals surface area contributed by atoms with E-state index >= 15 is 0 Å². The highest BCUT2D eigenvalue weighted by Gasteiger charge is 2.16. The summed E-state index contributed by atoms with van der Waals surface area (Å²) in [6, 6.07) is 2.76. The van der Waals surface area contributed by atoms with Gasteiger partial charge in [-0.15, -0.1) is 11.3 Å². The summed E-state index contributed by atoms with van der Waals surface area (Å²) in [6.45, 7) is 1.79. The van der Waals surface area contributed by atoms with E-state index in [9.17, 15) is 14.3 Å². The van der Waals surface area contributed by atoms with E-state index < -0.39 is 11.8 Å². The van der Waals surface area contributed by atoms with Crippen LogP contribution in [0.2, 0.25) is 0 Å². The normalized spacial score (nSPS) is 12.3. The monoisotopic (exact) mass is 318 g/mol. The summed E-state index contributed by atoms with van der Waals surface area (Å²) in [5, 5.41) is 14.0. The number of nitrogens with one attached hydrogen (secondary N) is 1. The number of halogens is 1. The second-order valence-corrected chi connectivity index (χ2v) is 5.55. The van der Waals surface area contributed by atoms with Crippen molar-refractivity contribution < 1.29 is 14.3 Å². The molecular weight excluding hydrogens is 307 g/mol. The molecule has 0 bridgehead atoms. The Labute approximate surface area is 128 Å². The van der Waals surface area contributed by atoms with Crippen LogP contribution in [0.3, 0.4) is 0 Å². The Morgan fingerprint density at radius 1 is 1.41 bits per heavy atom. The third-order valence-corrected chi connectivity index (χ3v) is 3.99. The van der Waals surface area contributed by atoms with Gasteiger partial charge in [0.2, 0.25) is 5.95 Å². The van der Waals surface area contributed by atoms with Crippen LogP contribution in [0.15, 0.2) is 29.9 Å². The molecule has 2 N–H and O–H groups in total. The van der Waals surface area contributed by atoms with Crippen LogP contribution in [-0.4, -0.2) is 26.0 Å². The fourth-order valence-electron chi connectivity index (χ4n) is 2.02. The zero-order valence-electron chi connectivity index (χ0n) is 11.4. The van der Waals surface area contributed by atoms with Crippen LogP contribution < -0.4 is 5.32 Å². The van der Waals surface area contributed by atoms with Gasteiger partial charge in [-0.2, -0.15) is 0 Å². The molecular formula is C14H11FN4O2S. The molecule has 112 valence electrons. The molecule has 22 heavy (non-hydrogen) atoms. The fraction of sp³-hybridized carbons (Fsp3) is 0.143. The van der Waals surface area contributed by atoms with Crippen LogP contribution in [0.25, 0.3) is 10.2 Å². The maximum Gasteiger partial charge on any atom is 0.356 e. The molecule has 0 amide bonds. The summed E-state index contributed by atoms with van der Waals surface area (Å²) >= 11 is 1.27. The first-order valence-corrected chi connectivity index (χ1v) is 7.28. The van der Waals surface area contributed by atoms with Gasteiger partial charge in [0.25, 0.3) is 0 Å². The molecule has 0 aliphatic carbocycles. The number of fused-ring (bicyclic) bond motifs is 1. The van der Waals surface area contributed by atoms with Gasteiger partial charge in [-0.05, 0) is 30.0 Å². The van der Waals surface area contributed by atoms with Gasteiger partial charge in [0, 0.05) is 6.20 Å². The van der Waals surface area contributed by atoms with E-state index in [0.717, 1.165) is 6.20 Å². The number of aromatic nitrogens is 3. The molecule has 6 nitrogen and oxygen atoms in total. The first kappa shape index (κ1) is 14.3. The highest BCUT2D eigenvalue weighted by atomic mass is 32.1. The van der Waals surface area contributed by atoms with Gasteiger partial charge in [-0.25, -0.2) is 19.2 Å². The first-order chi connectivity index (χ1) is 10.5. The third-order valence-electron chi connectivity index (χ3n) is 3.08. The zero-order valence-corrected chi connectivity index (χ0v) is 12.3. The van der Waals surface area contributed by atoms with E-state index in [2.05, 4.69) is 20.3 Å². The minimum atomic E-state index is -1.11. The minimum Gasteiger partial charge on any atom is -0.476 e. The van der Waals surface area contributed by atoms with E-state index in [1.807, 2.05) is 0 Å². The maximum absolute atomic E-state index is 13.2. The van der Waals surface area contributed by atoms with Crippen molar-refractivity contribution in [1.29, 1.82) is 0 Å². The predicted molar refractivity (Wildman–Crippen MR) is 80.6 cm³/mol. The molecule has 0 aliphatic heterocycles. The lowest BCUT2D eigenvalue weighted by atomic mass is 10.1. The molecule has 0 spiro atoms. The zero-order chi connectivity index (χ0) is 15.7. The second kappa shape index (κ2) is 5.64. The average Bonchev–Trinajstić information content (AvgIpc) is 2.94. The number of carboxylic acid groups (broad SMARTS) is 1. The molecule has 3 aromatic rings. The Hall–Kier alpha value is -2.61. The lowest BCUT2D eigenvalue weighted by molar-refractivity contribution is 0.0693. The van der Waals surface area contributed by atoms with E-state index in [0.29, 0.717) is 15.8 Å². The number of pyridine rings is 1. The molecule has 0 saturated carbocycles. The Balaban J connectivity index is 1.95. The summed E-state index contributed by atoms with van der Waals surface area (Å²) in [5.74, 6) is -1.37. The Bertz CT molecular complexity index is 852. The molecule has 0 aliphatic rings. The summed E-state index contributed by atoms with van der Waals surface area (Å²) in [4.78, 5) is 23.4. The number of nitrogens with zero attached hydrogens (tertiary/aromatic N) is 3. The van der Waals surface area contributed by atoms with Crippen molar-refractivity contribution in [2.24, 2.45) is 0 Å². The van der Waals surface area contributed by atoms with Crippen molar-refractivity contribution in [1.82, 2.24) is 15.0 Å². The number of hydrogen-bond acceptors (Lipinski definition) is 6. The molecule has 0 fully saturated rings. The van der Waals surface area contributed by atoms with Gasteiger partial charge < -0.3 is 10.4 Å². The quantitative estimate of drug-likeness (QED) is 0.768. The maximum atomic E-state index is 13.2. The smallest absolute Gasteiger partial charge is 0.356 e. The van der Waals surface area contributed by atoms with Gasteiger partial charge in [0.1, 0.15) is 5.82 Å². The van der Waals surface area contributed by atoms with Gasteiger partial charge in [0.15, 0.2) is 5.69 Å². The van der Waals surface area contributed by atoms with Gasteiger partial charge in [-0.1, -0.05) is 0 Å². The van der Waals surface area contributed by atoms with E-state index in [-0.39, 0.29) is 17.7 Å². The van der Waals surface area contributed by atoms with Crippen LogP contribution in [0.5, 0.6) is 0 Å². The molecule has 8 heteroatoms. The summed E-state index contributed by atoms with van der Waals surface area (Å²) in [6.07, 6.45) is 2.65. The number of anilines is 1. The molecule has 0 aromatic carbocycles. The molecule has 3 heterocycles. The average molecular weight is 318 g/mol. The van der Waals surface area contributed by atoms with Gasteiger partial charge in [0.05, 0.1) is 22.5 Å². The molecule has 1 atom stereocenters. The number of rotatable bonds is 4. The summed E-state index contributed by atoms with van der Waals surface area (Å²) < 4.78 is 13.7. The van der Waals surface area contributed by atoms with Crippen molar-refractivity contribution in [2.45, 2.75) is 13.0 Å². The van der Waals surface area contributed by atoms with Crippen LogP contribution in [0.4, 0.5) is 10.3 Å². The summed E-state index contributed by atoms with van der Waals surface area (Å²) in [5.41, 5.74) is 1.13. The van der Waals surface area contributed by atoms with E-state index in [1.165, 1.54) is 23.6 Å². The van der Waals surface area contributed by atoms with E-state index in [1.54, 1.807) is 18.4 Å². The van der Waals surface area contributed by atoms with Crippen molar-refractivity contribution in [3.05, 3.63) is 47.0 Å². The van der Waals surface area contributed by atoms with Crippen molar-refractivity contribution in [2.75, 3.05) is 5.32 Å². The highest BCUT2D eigenvalue weighted by Crippen LogP contribution is 2.25. The number of thiophene rings is 1. The lowest BCUT2D eigenvalue weighted by Gasteiger charge is -2.14. The topological polar surface area (TPSA) is 88.0 Å². The Morgan fingerprint density at radius 2 is 2.23 bits per heavy atom. The fourth-order valence-corrected chi connectivity index (χ4v) is 2.83. The number of hydrogen-bond donors (Lipinski definition) is 2. The predicted octanol–water partition coefficient (Wildman–Crippen LogP) is 3.10. The number of aromatic carboxylic acids is 1. The number of carbonyl (C=O) groups is 1. The lowest BCUT2D eigenvalue weighted by Crippen LogP contribution is -2.12. The van der Waals surface area contributed by atoms with Crippen LogP contribution >= 0.6 is 11.3 Å². The van der Waals surface area contributed by atoms with Crippen LogP contribution in [-0.2, 0) is 0 Å². The second-order valence-electron chi connectivity index (χ2n) is 4.64. The summed E-state index contributed by atoms with van der Waals surface area (Å²) in [7, 11) is 0. The molecule has 0 radical (unpaired) electrons.